The quantitative estimate of drug-likeness (QED) is 0.205. The number of halogens is 6. The van der Waals surface area contributed by atoms with Gasteiger partial charge in [-0.1, -0.05) is 24.6 Å². The predicted molar refractivity (Wildman–Crippen MR) is 142 cm³/mol. The Morgan fingerprint density at radius 2 is 1.63 bits per heavy atom. The highest BCUT2D eigenvalue weighted by Gasteiger charge is 2.31. The molecule has 0 spiro atoms. The fourth-order valence-corrected chi connectivity index (χ4v) is 4.02. The second-order valence-electron chi connectivity index (χ2n) is 8.08. The van der Waals surface area contributed by atoms with Crippen molar-refractivity contribution in [2.45, 2.75) is 19.5 Å². The smallest absolute Gasteiger partial charge is 0.420 e. The number of carbonyl (C=O) groups excluding carboxylic acids is 3. The molecule has 4 amide bonds. The Morgan fingerprint density at radius 3 is 2.20 bits per heavy atom. The molecular formula is C26H21ClF5N3O5S. The van der Waals surface area contributed by atoms with Gasteiger partial charge in [0, 0.05) is 7.05 Å². The molecule has 218 valence electrons. The number of benzene rings is 3. The van der Waals surface area contributed by atoms with Crippen molar-refractivity contribution in [3.63, 3.8) is 0 Å². The molecule has 0 atom stereocenters. The number of hydrogen-bond acceptors (Lipinski definition) is 6. The second kappa shape index (κ2) is 13.5. The summed E-state index contributed by atoms with van der Waals surface area (Å²) < 4.78 is 79.1. The van der Waals surface area contributed by atoms with Crippen molar-refractivity contribution in [3.8, 4) is 11.5 Å². The van der Waals surface area contributed by atoms with Gasteiger partial charge in [0.2, 0.25) is 0 Å². The third kappa shape index (κ3) is 8.24. The summed E-state index contributed by atoms with van der Waals surface area (Å²) in [5, 5.41) is 1.57. The van der Waals surface area contributed by atoms with Gasteiger partial charge in [0.25, 0.3) is 5.91 Å². The zero-order chi connectivity index (χ0) is 30.3. The maximum Gasteiger partial charge on any atom is 0.420 e. The van der Waals surface area contributed by atoms with E-state index in [1.165, 1.54) is 31.3 Å². The molecular weight excluding hydrogens is 597 g/mol. The molecule has 0 aliphatic heterocycles. The highest BCUT2D eigenvalue weighted by Crippen LogP contribution is 2.37. The Kier molecular flexibility index (Phi) is 10.4. The number of ether oxygens (including phenoxy) is 2. The summed E-state index contributed by atoms with van der Waals surface area (Å²) in [6.45, 7) is 1.87. The van der Waals surface area contributed by atoms with E-state index < -0.39 is 47.0 Å². The molecule has 41 heavy (non-hydrogen) atoms. The van der Waals surface area contributed by atoms with E-state index >= 15 is 0 Å². The van der Waals surface area contributed by atoms with Crippen LogP contribution in [-0.4, -0.2) is 36.0 Å². The Hall–Kier alpha value is -4.04. The van der Waals surface area contributed by atoms with Gasteiger partial charge < -0.3 is 9.47 Å². The lowest BCUT2D eigenvalue weighted by atomic mass is 10.2. The molecule has 3 rings (SSSR count). The van der Waals surface area contributed by atoms with Crippen LogP contribution in [0.2, 0.25) is 5.02 Å². The maximum absolute atomic E-state index is 14.1. The first-order valence-electron chi connectivity index (χ1n) is 11.6. The molecule has 0 radical (unpaired) electrons. The van der Waals surface area contributed by atoms with Crippen LogP contribution in [0.15, 0.2) is 60.7 Å². The average Bonchev–Trinajstić information content (AvgIpc) is 2.91. The van der Waals surface area contributed by atoms with Gasteiger partial charge in [0.15, 0.2) is 0 Å². The van der Waals surface area contributed by atoms with Gasteiger partial charge in [-0.15, -0.1) is 0 Å². The van der Waals surface area contributed by atoms with E-state index in [2.05, 4.69) is 0 Å². The molecule has 0 bridgehead atoms. The lowest BCUT2D eigenvalue weighted by Gasteiger charge is -2.25. The minimum absolute atomic E-state index is 0.0651. The third-order valence-corrected chi connectivity index (χ3v) is 6.27. The number of anilines is 1. The number of alkyl halides is 3. The van der Waals surface area contributed by atoms with Gasteiger partial charge in [-0.3, -0.25) is 10.1 Å². The number of rotatable bonds is 8. The van der Waals surface area contributed by atoms with Crippen LogP contribution in [0.4, 0.5) is 37.2 Å². The first-order valence-corrected chi connectivity index (χ1v) is 12.7. The van der Waals surface area contributed by atoms with E-state index in [-0.39, 0.29) is 28.8 Å². The van der Waals surface area contributed by atoms with E-state index in [0.717, 1.165) is 38.9 Å². The van der Waals surface area contributed by atoms with Crippen molar-refractivity contribution >= 4 is 47.5 Å². The van der Waals surface area contributed by atoms with Crippen LogP contribution < -0.4 is 14.4 Å². The van der Waals surface area contributed by atoms with Crippen molar-refractivity contribution in [1.29, 1.82) is 0 Å². The topological polar surface area (TPSA) is 88.2 Å². The molecule has 3 aromatic carbocycles. The molecule has 0 saturated carbocycles. The summed E-state index contributed by atoms with van der Waals surface area (Å²) in [5.41, 5.74) is -1.88. The lowest BCUT2D eigenvalue weighted by molar-refractivity contribution is -0.137. The summed E-state index contributed by atoms with van der Waals surface area (Å²) in [7, 11) is 1.28. The minimum Gasteiger partial charge on any atom is -0.456 e. The Labute approximate surface area is 240 Å². The highest BCUT2D eigenvalue weighted by atomic mass is 35.5. The van der Waals surface area contributed by atoms with E-state index in [1.54, 1.807) is 6.92 Å². The zero-order valence-corrected chi connectivity index (χ0v) is 22.9. The van der Waals surface area contributed by atoms with Gasteiger partial charge in [0.1, 0.15) is 28.7 Å². The summed E-state index contributed by atoms with van der Waals surface area (Å²) in [5.74, 6) is -3.73. The number of nitrogens with one attached hydrogen (secondary N) is 1. The number of imide groups is 1. The fourth-order valence-electron chi connectivity index (χ4n) is 3.10. The molecule has 1 N–H and O–H groups in total. The minimum atomic E-state index is -4.60. The van der Waals surface area contributed by atoms with Gasteiger partial charge in [-0.05, 0) is 61.0 Å². The second-order valence-corrected chi connectivity index (χ2v) is 9.57. The number of carbonyl (C=O) groups is 3. The SMILES string of the molecule is CCCOC(=O)N(C)SN(C(=O)NC(=O)c1c(F)cccc1F)c1ccc(Oc2ccc(C(F)(F)F)cc2Cl)cc1. The van der Waals surface area contributed by atoms with Crippen molar-refractivity contribution < 1.29 is 45.8 Å². The molecule has 0 saturated heterocycles. The number of urea groups is 1. The monoisotopic (exact) mass is 617 g/mol. The molecule has 3 aromatic rings. The predicted octanol–water partition coefficient (Wildman–Crippen LogP) is 7.83. The molecule has 15 heteroatoms. The molecule has 0 fully saturated rings. The Balaban J connectivity index is 1.85. The van der Waals surface area contributed by atoms with Crippen molar-refractivity contribution in [3.05, 3.63) is 88.4 Å². The largest absolute Gasteiger partial charge is 0.456 e. The standard InChI is InChI=1S/C26H21ClF5N3O5S/c1-3-13-39-25(38)34(2)41-35(24(37)33-23(36)22-19(28)5-4-6-20(22)29)16-8-10-17(11-9-16)40-21-12-7-15(14-18(21)27)26(30,31)32/h4-12,14H,3,13H2,1-2H3,(H,33,36,37). The number of amides is 4. The lowest BCUT2D eigenvalue weighted by Crippen LogP contribution is -2.42. The van der Waals surface area contributed by atoms with Crippen LogP contribution in [-0.2, 0) is 10.9 Å². The maximum atomic E-state index is 14.1. The summed E-state index contributed by atoms with van der Waals surface area (Å²) >= 11 is 6.43. The van der Waals surface area contributed by atoms with Crippen molar-refractivity contribution in [1.82, 2.24) is 9.62 Å². The van der Waals surface area contributed by atoms with E-state index in [0.29, 0.717) is 24.6 Å². The van der Waals surface area contributed by atoms with Crippen LogP contribution in [0.25, 0.3) is 0 Å². The van der Waals surface area contributed by atoms with Crippen molar-refractivity contribution in [2.24, 2.45) is 0 Å². The first kappa shape index (κ1) is 31.5. The Morgan fingerprint density at radius 1 is 1.00 bits per heavy atom. The Bertz CT molecular complexity index is 1410. The van der Waals surface area contributed by atoms with E-state index in [1.807, 2.05) is 5.32 Å². The molecule has 8 nitrogen and oxygen atoms in total. The van der Waals surface area contributed by atoms with Crippen LogP contribution in [0.5, 0.6) is 11.5 Å². The van der Waals surface area contributed by atoms with Crippen LogP contribution in [0, 0.1) is 11.6 Å². The molecule has 0 aliphatic carbocycles. The number of nitrogens with zero attached hydrogens (tertiary/aromatic N) is 2. The van der Waals surface area contributed by atoms with E-state index in [4.69, 9.17) is 21.1 Å². The van der Waals surface area contributed by atoms with Gasteiger partial charge in [-0.2, -0.15) is 13.2 Å². The average molecular weight is 618 g/mol. The normalized spacial score (nSPS) is 11.0. The van der Waals surface area contributed by atoms with Gasteiger partial charge in [-0.25, -0.2) is 27.0 Å². The summed E-state index contributed by atoms with van der Waals surface area (Å²) in [6.07, 6.45) is -4.89. The molecule has 0 aliphatic rings. The van der Waals surface area contributed by atoms with Crippen LogP contribution in [0.3, 0.4) is 0 Å². The zero-order valence-electron chi connectivity index (χ0n) is 21.3. The van der Waals surface area contributed by atoms with Crippen LogP contribution in [0.1, 0.15) is 29.3 Å². The number of hydrogen-bond donors (Lipinski definition) is 1. The first-order chi connectivity index (χ1) is 19.3. The summed E-state index contributed by atoms with van der Waals surface area (Å²) in [6, 6.07) is 9.40. The van der Waals surface area contributed by atoms with Crippen molar-refractivity contribution in [2.75, 3.05) is 18.0 Å². The van der Waals surface area contributed by atoms with Gasteiger partial charge in [0.05, 0.1) is 35.0 Å². The molecule has 0 aromatic heterocycles. The summed E-state index contributed by atoms with van der Waals surface area (Å²) in [4.78, 5) is 37.8. The molecule has 0 unspecified atom stereocenters. The third-order valence-electron chi connectivity index (χ3n) is 5.04. The molecule has 0 heterocycles. The highest BCUT2D eigenvalue weighted by molar-refractivity contribution is 7.99. The van der Waals surface area contributed by atoms with E-state index in [9.17, 15) is 36.3 Å². The van der Waals surface area contributed by atoms with Gasteiger partial charge >= 0.3 is 18.3 Å². The van der Waals surface area contributed by atoms with Crippen LogP contribution >= 0.6 is 23.7 Å². The fraction of sp³-hybridized carbons (Fsp3) is 0.192.